The molecule has 12 heteroatoms. The first-order chi connectivity index (χ1) is 62.5. The highest BCUT2D eigenvalue weighted by Crippen LogP contribution is 2.47. The summed E-state index contributed by atoms with van der Waals surface area (Å²) < 4.78 is 4.73. The minimum atomic E-state index is 0.609. The van der Waals surface area contributed by atoms with Crippen molar-refractivity contribution in [2.24, 2.45) is 0 Å². The molecule has 22 rings (SSSR count). The molecular weight excluding hydrogens is 1540 g/mol. The molecule has 0 saturated carbocycles. The van der Waals surface area contributed by atoms with Crippen LogP contribution >= 0.6 is 0 Å². The van der Waals surface area contributed by atoms with Gasteiger partial charge in [0, 0.05) is 135 Å². The summed E-state index contributed by atoms with van der Waals surface area (Å²) in [6.45, 7) is 0. The fourth-order valence-electron chi connectivity index (χ4n) is 16.9. The maximum absolute atomic E-state index is 5.08. The molecule has 596 valence electrons. The molecule has 0 aliphatic rings. The Morgan fingerprint density at radius 1 is 0.135 bits per heavy atom. The highest BCUT2D eigenvalue weighted by molar-refractivity contribution is 6.14. The first-order valence-corrected chi connectivity index (χ1v) is 42.2. The van der Waals surface area contributed by atoms with Crippen LogP contribution in [-0.4, -0.2) is 39.0 Å². The molecule has 0 fully saturated rings. The van der Waals surface area contributed by atoms with Crippen molar-refractivity contribution in [3.63, 3.8) is 0 Å². The molecule has 0 atom stereocenters. The lowest BCUT2D eigenvalue weighted by atomic mass is 10.1. The van der Waals surface area contributed by atoms with E-state index in [1.807, 2.05) is 121 Å². The van der Waals surface area contributed by atoms with Gasteiger partial charge in [-0.25, -0.2) is 29.9 Å². The monoisotopic (exact) mass is 1620 g/mol. The summed E-state index contributed by atoms with van der Waals surface area (Å²) in [7, 11) is 0. The maximum Gasteiger partial charge on any atom is 0.164 e. The van der Waals surface area contributed by atoms with E-state index in [1.165, 1.54) is 0 Å². The molecule has 0 N–H and O–H groups in total. The third kappa shape index (κ3) is 15.4. The van der Waals surface area contributed by atoms with E-state index in [2.05, 4.69) is 393 Å². The van der Waals surface area contributed by atoms with Gasteiger partial charge in [-0.3, -0.25) is 0 Å². The van der Waals surface area contributed by atoms with Crippen LogP contribution in [-0.2, 0) is 0 Å². The number of hydrogen-bond donors (Lipinski definition) is 0. The van der Waals surface area contributed by atoms with Crippen LogP contribution in [0, 0.1) is 0 Å². The number of fused-ring (bicyclic) bond motifs is 6. The van der Waals surface area contributed by atoms with Crippen LogP contribution in [0.3, 0.4) is 0 Å². The molecule has 4 aromatic heterocycles. The molecule has 0 aliphatic carbocycles. The predicted octanol–water partition coefficient (Wildman–Crippen LogP) is 29.8. The van der Waals surface area contributed by atoms with E-state index in [9.17, 15) is 0 Å². The van der Waals surface area contributed by atoms with Crippen LogP contribution in [0.1, 0.15) is 0 Å². The molecule has 0 radical (unpaired) electrons. The van der Waals surface area contributed by atoms with Gasteiger partial charge in [0.1, 0.15) is 0 Å². The van der Waals surface area contributed by atoms with E-state index >= 15 is 0 Å². The number of hydrogen-bond acceptors (Lipinski definition) is 10. The Morgan fingerprint density at radius 2 is 0.325 bits per heavy atom. The van der Waals surface area contributed by atoms with Gasteiger partial charge in [0.2, 0.25) is 0 Å². The Kier molecular flexibility index (Phi) is 20.9. The number of aromatic nitrogens is 8. The average molecular weight is 1620 g/mol. The van der Waals surface area contributed by atoms with Gasteiger partial charge in [0.05, 0.1) is 22.1 Å². The zero-order chi connectivity index (χ0) is 83.9. The van der Waals surface area contributed by atoms with Crippen molar-refractivity contribution in [1.82, 2.24) is 39.0 Å². The van der Waals surface area contributed by atoms with Crippen molar-refractivity contribution in [3.05, 3.63) is 485 Å². The first kappa shape index (κ1) is 76.2. The van der Waals surface area contributed by atoms with Gasteiger partial charge in [-0.2, -0.15) is 0 Å². The Balaban J connectivity index is 0.000000154. The van der Waals surface area contributed by atoms with Crippen molar-refractivity contribution in [1.29, 1.82) is 0 Å². The number of para-hydroxylation sites is 8. The number of benzene rings is 18. The van der Waals surface area contributed by atoms with Crippen LogP contribution in [0.15, 0.2) is 485 Å². The second-order valence-electron chi connectivity index (χ2n) is 30.7. The van der Waals surface area contributed by atoms with Crippen LogP contribution in [0.5, 0.6) is 0 Å². The van der Waals surface area contributed by atoms with E-state index in [0.717, 1.165) is 157 Å². The van der Waals surface area contributed by atoms with Gasteiger partial charge in [-0.15, -0.1) is 0 Å². The van der Waals surface area contributed by atoms with Gasteiger partial charge in [-0.1, -0.05) is 279 Å². The van der Waals surface area contributed by atoms with Crippen LogP contribution in [0.2, 0.25) is 0 Å². The third-order valence-electron chi connectivity index (χ3n) is 22.8. The zero-order valence-corrected chi connectivity index (χ0v) is 68.6. The van der Waals surface area contributed by atoms with Crippen LogP contribution < -0.4 is 19.6 Å². The zero-order valence-electron chi connectivity index (χ0n) is 68.6. The fourth-order valence-corrected chi connectivity index (χ4v) is 16.9. The lowest BCUT2D eigenvalue weighted by Crippen LogP contribution is -2.09. The summed E-state index contributed by atoms with van der Waals surface area (Å²) in [6, 6.07) is 169. The van der Waals surface area contributed by atoms with Crippen LogP contribution in [0.4, 0.5) is 68.2 Å². The van der Waals surface area contributed by atoms with Crippen LogP contribution in [0.25, 0.3) is 123 Å². The highest BCUT2D eigenvalue weighted by atomic mass is 15.2. The van der Waals surface area contributed by atoms with Gasteiger partial charge in [0.25, 0.3) is 0 Å². The van der Waals surface area contributed by atoms with Gasteiger partial charge >= 0.3 is 0 Å². The summed E-state index contributed by atoms with van der Waals surface area (Å²) in [6.07, 6.45) is 0. The number of anilines is 12. The van der Waals surface area contributed by atoms with E-state index in [-0.39, 0.29) is 0 Å². The smallest absolute Gasteiger partial charge is 0.164 e. The Morgan fingerprint density at radius 3 is 0.556 bits per heavy atom. The standard InChI is InChI=1S/2C57H40N6/c1-7-20-41(21-8-1)55-58-56(42-22-9-2-10-23-42)60-57(59-55)43-24-19-33-48(38-43)63-53-36-34-49(61(44-25-11-3-12-26-44)45-27-13-4-14-28-45)39-51(53)52-40-50(35-37-54(52)63)62(46-29-15-5-16-30-46)47-31-17-6-18-32-47;1-7-19-41(20-8-1)55-58-56(42-21-9-2-10-22-42)60-57(59-55)43-31-33-48(34-32-43)63-53-37-35-49(61(44-23-11-3-12-24-44)45-25-13-4-14-26-45)39-51(53)52-40-50(36-38-54(52)63)62(46-27-15-5-16-28-46)47-29-17-6-18-30-47/h2*1-40H. The van der Waals surface area contributed by atoms with Gasteiger partial charge in [0.15, 0.2) is 34.9 Å². The molecule has 0 saturated heterocycles. The second kappa shape index (κ2) is 34.5. The normalized spacial score (nSPS) is 11.2. The van der Waals surface area contributed by atoms with Gasteiger partial charge < -0.3 is 28.7 Å². The molecule has 0 bridgehead atoms. The molecule has 22 aromatic rings. The Labute approximate surface area is 730 Å². The molecule has 126 heavy (non-hydrogen) atoms. The molecule has 0 amide bonds. The molecule has 18 aromatic carbocycles. The van der Waals surface area contributed by atoms with E-state index < -0.39 is 0 Å². The van der Waals surface area contributed by atoms with Crippen molar-refractivity contribution in [3.8, 4) is 79.7 Å². The highest BCUT2D eigenvalue weighted by Gasteiger charge is 2.25. The quantitative estimate of drug-likeness (QED) is 0.0733. The Hall–Kier alpha value is -17.2. The lowest BCUT2D eigenvalue weighted by molar-refractivity contribution is 1.07. The molecular formula is C114H80N12. The van der Waals surface area contributed by atoms with E-state index in [1.54, 1.807) is 0 Å². The largest absolute Gasteiger partial charge is 0.310 e. The third-order valence-corrected chi connectivity index (χ3v) is 22.8. The van der Waals surface area contributed by atoms with Crippen molar-refractivity contribution >= 4 is 112 Å². The SMILES string of the molecule is c1ccc(-c2nc(-c3ccccc3)nc(-c3ccc(-n4c5ccc(N(c6ccccc6)c6ccccc6)cc5c5cc(N(c6ccccc6)c6ccccc6)ccc54)cc3)n2)cc1.c1ccc(-c2nc(-c3ccccc3)nc(-c3cccc(-n4c5ccc(N(c6ccccc6)c6ccccc6)cc5c5cc(N(c6ccccc6)c6ccccc6)ccc54)c3)n2)cc1. The molecule has 0 aliphatic heterocycles. The average Bonchev–Trinajstić information content (AvgIpc) is 1.59. The summed E-state index contributed by atoms with van der Waals surface area (Å²) in [5.74, 6) is 3.76. The summed E-state index contributed by atoms with van der Waals surface area (Å²) in [4.78, 5) is 39.3. The fraction of sp³-hybridized carbons (Fsp3) is 0. The lowest BCUT2D eigenvalue weighted by Gasteiger charge is -2.26. The maximum atomic E-state index is 5.08. The minimum absolute atomic E-state index is 0.609. The molecule has 12 nitrogen and oxygen atoms in total. The second-order valence-corrected chi connectivity index (χ2v) is 30.7. The molecule has 0 unspecified atom stereocenters. The summed E-state index contributed by atoms with van der Waals surface area (Å²) in [5, 5.41) is 4.55. The molecule has 4 heterocycles. The van der Waals surface area contributed by atoms with E-state index in [4.69, 9.17) is 29.9 Å². The number of nitrogens with zero attached hydrogens (tertiary/aromatic N) is 12. The van der Waals surface area contributed by atoms with Gasteiger partial charge in [-0.05, 0) is 206 Å². The summed E-state index contributed by atoms with van der Waals surface area (Å²) in [5.41, 5.74) is 24.9. The van der Waals surface area contributed by atoms with Crippen molar-refractivity contribution < 1.29 is 0 Å². The topological polar surface area (TPSA) is 100 Å². The first-order valence-electron chi connectivity index (χ1n) is 42.2. The molecule has 0 spiro atoms. The number of rotatable bonds is 20. The van der Waals surface area contributed by atoms with Crippen molar-refractivity contribution in [2.75, 3.05) is 19.6 Å². The Bertz CT molecular complexity index is 6980. The van der Waals surface area contributed by atoms with E-state index in [0.29, 0.717) is 34.9 Å². The summed E-state index contributed by atoms with van der Waals surface area (Å²) >= 11 is 0. The predicted molar refractivity (Wildman–Crippen MR) is 520 cm³/mol. The van der Waals surface area contributed by atoms with Crippen molar-refractivity contribution in [2.45, 2.75) is 0 Å². The minimum Gasteiger partial charge on any atom is -0.310 e.